The van der Waals surface area contributed by atoms with Gasteiger partial charge in [-0.05, 0) is 50.0 Å². The van der Waals surface area contributed by atoms with Gasteiger partial charge >= 0.3 is 6.16 Å². The highest BCUT2D eigenvalue weighted by Crippen LogP contribution is 2.41. The second kappa shape index (κ2) is 18.7. The molecule has 0 atom stereocenters. The maximum Gasteiger partial charge on any atom is 0.514 e. The molecule has 9 heteroatoms. The Bertz CT molecular complexity index is 828. The molecule has 0 aliphatic rings. The van der Waals surface area contributed by atoms with E-state index in [2.05, 4.69) is 53.7 Å². The third-order valence-electron chi connectivity index (χ3n) is 5.82. The maximum atomic E-state index is 12.6. The Morgan fingerprint density at radius 3 is 1.39 bits per heavy atom. The molecule has 0 saturated carbocycles. The highest BCUT2D eigenvalue weighted by atomic mass is 16.7. The molecule has 1 aromatic rings. The quantitative estimate of drug-likeness (QED) is 0.126. The second-order valence-electron chi connectivity index (χ2n) is 13.0. The van der Waals surface area contributed by atoms with Gasteiger partial charge in [-0.25, -0.2) is 4.79 Å². The number of aliphatic hydroxyl groups is 1. The Labute approximate surface area is 248 Å². The number of carbonyl (C=O) groups excluding carboxylic acids is 1. The van der Waals surface area contributed by atoms with Crippen LogP contribution in [0.3, 0.4) is 0 Å². The minimum atomic E-state index is -0.686. The van der Waals surface area contributed by atoms with Crippen LogP contribution in [-0.2, 0) is 45.7 Å². The van der Waals surface area contributed by atoms with Crippen LogP contribution >= 0.6 is 0 Å². The van der Waals surface area contributed by atoms with E-state index < -0.39 is 11.8 Å². The van der Waals surface area contributed by atoms with E-state index >= 15 is 0 Å². The van der Waals surface area contributed by atoms with Gasteiger partial charge in [0, 0.05) is 17.7 Å². The molecule has 0 bridgehead atoms. The average Bonchev–Trinajstić information content (AvgIpc) is 2.84. The predicted molar refractivity (Wildman–Crippen MR) is 160 cm³/mol. The molecule has 238 valence electrons. The zero-order chi connectivity index (χ0) is 30.9. The van der Waals surface area contributed by atoms with Crippen molar-refractivity contribution in [2.24, 2.45) is 0 Å². The molecular weight excluding hydrogens is 528 g/mol. The van der Waals surface area contributed by atoms with E-state index in [-0.39, 0.29) is 17.4 Å². The van der Waals surface area contributed by atoms with Gasteiger partial charge in [0.05, 0.1) is 66.1 Å². The fraction of sp³-hybridized carbons (Fsp3) is 0.781. The number of hydrogen-bond acceptors (Lipinski definition) is 9. The molecule has 0 aliphatic carbocycles. The third kappa shape index (κ3) is 17.1. The monoisotopic (exact) mass is 584 g/mol. The zero-order valence-corrected chi connectivity index (χ0v) is 27.1. The number of carbonyl (C=O) groups is 1. The first-order valence-corrected chi connectivity index (χ1v) is 14.7. The zero-order valence-electron chi connectivity index (χ0n) is 27.1. The van der Waals surface area contributed by atoms with Crippen molar-refractivity contribution in [1.82, 2.24) is 0 Å². The Balaban J connectivity index is 2.47. The minimum absolute atomic E-state index is 0.0233. The SMILES string of the molecule is CC(C)(C)OC(=O)Oc1c(C(C)(C)C)cc(CCCOCCOCCOCCOCCOCCO)cc1C(C)(C)C. The van der Waals surface area contributed by atoms with Crippen LogP contribution < -0.4 is 4.74 Å². The van der Waals surface area contributed by atoms with Gasteiger partial charge in [0.15, 0.2) is 0 Å². The summed E-state index contributed by atoms with van der Waals surface area (Å²) < 4.78 is 38.6. The van der Waals surface area contributed by atoms with Crippen molar-refractivity contribution in [3.8, 4) is 5.75 Å². The molecule has 41 heavy (non-hydrogen) atoms. The second-order valence-corrected chi connectivity index (χ2v) is 13.0. The van der Waals surface area contributed by atoms with Crippen LogP contribution in [-0.4, -0.2) is 89.5 Å². The first-order chi connectivity index (χ1) is 19.1. The average molecular weight is 585 g/mol. The summed E-state index contributed by atoms with van der Waals surface area (Å²) in [6.45, 7) is 23.2. The lowest BCUT2D eigenvalue weighted by Gasteiger charge is -2.30. The Morgan fingerprint density at radius 2 is 1.02 bits per heavy atom. The number of ether oxygens (including phenoxy) is 7. The molecular formula is C32H56O9. The number of benzene rings is 1. The first kappa shape index (κ1) is 37.3. The summed E-state index contributed by atoms with van der Waals surface area (Å²) in [7, 11) is 0. The molecule has 9 nitrogen and oxygen atoms in total. The van der Waals surface area contributed by atoms with Crippen LogP contribution in [0.15, 0.2) is 12.1 Å². The first-order valence-electron chi connectivity index (χ1n) is 14.7. The van der Waals surface area contributed by atoms with Gasteiger partial charge in [-0.3, -0.25) is 0 Å². The maximum absolute atomic E-state index is 12.6. The summed E-state index contributed by atoms with van der Waals surface area (Å²) in [5, 5.41) is 8.62. The summed E-state index contributed by atoms with van der Waals surface area (Å²) in [6.07, 6.45) is 1.03. The third-order valence-corrected chi connectivity index (χ3v) is 5.82. The van der Waals surface area contributed by atoms with Crippen LogP contribution in [0.1, 0.15) is 85.4 Å². The lowest BCUT2D eigenvalue weighted by atomic mass is 9.78. The molecule has 0 aromatic heterocycles. The number of aryl methyl sites for hydroxylation is 1. The van der Waals surface area contributed by atoms with Crippen LogP contribution in [0.4, 0.5) is 4.79 Å². The van der Waals surface area contributed by atoms with Crippen molar-refractivity contribution >= 4 is 6.16 Å². The van der Waals surface area contributed by atoms with Crippen molar-refractivity contribution in [1.29, 1.82) is 0 Å². The van der Waals surface area contributed by atoms with Gasteiger partial charge in [0.25, 0.3) is 0 Å². The molecule has 0 aliphatic heterocycles. The molecule has 0 spiro atoms. The van der Waals surface area contributed by atoms with E-state index in [1.807, 2.05) is 20.8 Å². The molecule has 0 amide bonds. The van der Waals surface area contributed by atoms with Crippen molar-refractivity contribution in [3.63, 3.8) is 0 Å². The summed E-state index contributed by atoms with van der Waals surface area (Å²) in [5.74, 6) is 0.594. The van der Waals surface area contributed by atoms with E-state index in [4.69, 9.17) is 38.3 Å². The fourth-order valence-electron chi connectivity index (χ4n) is 3.84. The van der Waals surface area contributed by atoms with Crippen molar-refractivity contribution in [3.05, 3.63) is 28.8 Å². The molecule has 0 saturated heterocycles. The van der Waals surface area contributed by atoms with E-state index in [1.165, 1.54) is 5.56 Å². The van der Waals surface area contributed by atoms with E-state index in [0.717, 1.165) is 24.0 Å². The lowest BCUT2D eigenvalue weighted by Crippen LogP contribution is -2.28. The topological polar surface area (TPSA) is 102 Å². The van der Waals surface area contributed by atoms with Crippen LogP contribution in [0, 0.1) is 0 Å². The largest absolute Gasteiger partial charge is 0.514 e. The van der Waals surface area contributed by atoms with Gasteiger partial charge in [0.2, 0.25) is 0 Å². The van der Waals surface area contributed by atoms with E-state index in [9.17, 15) is 4.79 Å². The molecule has 1 aromatic carbocycles. The van der Waals surface area contributed by atoms with Gasteiger partial charge in [-0.15, -0.1) is 0 Å². The van der Waals surface area contributed by atoms with Crippen LogP contribution in [0.5, 0.6) is 5.75 Å². The molecule has 0 radical (unpaired) electrons. The Hall–Kier alpha value is -1.75. The summed E-state index contributed by atoms with van der Waals surface area (Å²) in [6, 6.07) is 4.29. The molecule has 0 fully saturated rings. The minimum Gasteiger partial charge on any atom is -0.428 e. The molecule has 0 unspecified atom stereocenters. The Morgan fingerprint density at radius 1 is 0.634 bits per heavy atom. The van der Waals surface area contributed by atoms with Gasteiger partial charge < -0.3 is 38.3 Å². The smallest absolute Gasteiger partial charge is 0.428 e. The van der Waals surface area contributed by atoms with Crippen molar-refractivity contribution < 1.29 is 43.1 Å². The van der Waals surface area contributed by atoms with Crippen molar-refractivity contribution in [2.45, 2.75) is 91.6 Å². The van der Waals surface area contributed by atoms with Gasteiger partial charge in [0.1, 0.15) is 11.4 Å². The van der Waals surface area contributed by atoms with Crippen LogP contribution in [0.2, 0.25) is 0 Å². The van der Waals surface area contributed by atoms with Crippen molar-refractivity contribution in [2.75, 3.05) is 72.7 Å². The highest BCUT2D eigenvalue weighted by molar-refractivity contribution is 5.67. The predicted octanol–water partition coefficient (Wildman–Crippen LogP) is 5.60. The number of aliphatic hydroxyl groups excluding tert-OH is 1. The van der Waals surface area contributed by atoms with Gasteiger partial charge in [-0.2, -0.15) is 0 Å². The van der Waals surface area contributed by atoms with Crippen LogP contribution in [0.25, 0.3) is 0 Å². The highest BCUT2D eigenvalue weighted by Gasteiger charge is 2.30. The summed E-state index contributed by atoms with van der Waals surface area (Å²) >= 11 is 0. The fourth-order valence-corrected chi connectivity index (χ4v) is 3.84. The lowest BCUT2D eigenvalue weighted by molar-refractivity contribution is -0.0133. The molecule has 0 heterocycles. The number of hydrogen-bond donors (Lipinski definition) is 1. The standard InChI is InChI=1S/C32H56O9/c1-30(2,3)26-23-25(24-27(31(4,5)6)28(26)40-29(34)41-32(7,8)9)11-10-13-35-15-17-37-19-21-39-22-20-38-18-16-36-14-12-33/h23-24,33H,10-22H2,1-9H3. The summed E-state index contributed by atoms with van der Waals surface area (Å²) in [5.41, 5.74) is 2.07. The molecule has 1 N–H and O–H groups in total. The number of rotatable bonds is 19. The normalized spacial score (nSPS) is 12.5. The summed E-state index contributed by atoms with van der Waals surface area (Å²) in [4.78, 5) is 12.6. The Kier molecular flexibility index (Phi) is 17.0. The van der Waals surface area contributed by atoms with E-state index in [1.54, 1.807) is 0 Å². The van der Waals surface area contributed by atoms with E-state index in [0.29, 0.717) is 71.8 Å². The van der Waals surface area contributed by atoms with Gasteiger partial charge in [-0.1, -0.05) is 53.7 Å². The molecule has 1 rings (SSSR count).